The zero-order valence-electron chi connectivity index (χ0n) is 12.4. The fraction of sp³-hybridized carbons (Fsp3) is 0.933. The maximum Gasteiger partial charge on any atom is 0.325 e. The molecule has 1 heterocycles. The van der Waals surface area contributed by atoms with Gasteiger partial charge in [0.05, 0.1) is 7.11 Å². The lowest BCUT2D eigenvalue weighted by Crippen LogP contribution is -2.52. The molecule has 19 heavy (non-hydrogen) atoms. The quantitative estimate of drug-likeness (QED) is 0.792. The van der Waals surface area contributed by atoms with Crippen LogP contribution in [0.15, 0.2) is 0 Å². The van der Waals surface area contributed by atoms with Crippen molar-refractivity contribution in [2.45, 2.75) is 63.5 Å². The molecule has 0 radical (unpaired) electrons. The number of carbonyl (C=O) groups is 1. The van der Waals surface area contributed by atoms with Gasteiger partial charge in [-0.1, -0.05) is 12.8 Å². The summed E-state index contributed by atoms with van der Waals surface area (Å²) in [6, 6.07) is 0.732. The van der Waals surface area contributed by atoms with Crippen LogP contribution in [0, 0.1) is 5.92 Å². The first-order valence-electron chi connectivity index (χ1n) is 7.66. The number of methoxy groups -OCH3 is 1. The Labute approximate surface area is 116 Å². The number of fused-ring (bicyclic) bond motifs is 1. The second-order valence-corrected chi connectivity index (χ2v) is 6.45. The Morgan fingerprint density at radius 2 is 2.00 bits per heavy atom. The van der Waals surface area contributed by atoms with Crippen molar-refractivity contribution >= 4 is 5.97 Å². The third-order valence-corrected chi connectivity index (χ3v) is 4.93. The van der Waals surface area contributed by atoms with Crippen molar-refractivity contribution in [3.8, 4) is 0 Å². The Morgan fingerprint density at radius 3 is 2.74 bits per heavy atom. The predicted molar refractivity (Wildman–Crippen MR) is 75.8 cm³/mol. The highest BCUT2D eigenvalue weighted by Gasteiger charge is 2.35. The van der Waals surface area contributed by atoms with Gasteiger partial charge >= 0.3 is 5.97 Å². The van der Waals surface area contributed by atoms with Gasteiger partial charge in [-0.3, -0.25) is 4.79 Å². The Balaban J connectivity index is 1.89. The minimum Gasteiger partial charge on any atom is -0.468 e. The van der Waals surface area contributed by atoms with E-state index in [4.69, 9.17) is 10.5 Å². The predicted octanol–water partition coefficient (Wildman–Crippen LogP) is 1.92. The molecule has 110 valence electrons. The Hall–Kier alpha value is -0.610. The number of piperidine rings is 1. The molecule has 4 nitrogen and oxygen atoms in total. The molecule has 3 unspecified atom stereocenters. The van der Waals surface area contributed by atoms with Crippen LogP contribution in [0.5, 0.6) is 0 Å². The number of esters is 1. The molecule has 2 fully saturated rings. The van der Waals surface area contributed by atoms with Gasteiger partial charge in [-0.2, -0.15) is 0 Å². The standard InChI is InChI=1S/C15H28N2O2/c1-15(16,14(18)19-2)9-11-17-10-5-7-12-6-3-4-8-13(12)17/h12-13H,3-11,16H2,1-2H3. The molecule has 4 heteroatoms. The number of hydrogen-bond donors (Lipinski definition) is 1. The fourth-order valence-electron chi connectivity index (χ4n) is 3.72. The molecule has 0 aromatic heterocycles. The van der Waals surface area contributed by atoms with Crippen LogP contribution in [-0.4, -0.2) is 42.6 Å². The Bertz CT molecular complexity index is 315. The summed E-state index contributed by atoms with van der Waals surface area (Å²) in [7, 11) is 1.41. The van der Waals surface area contributed by atoms with Crippen LogP contribution in [0.3, 0.4) is 0 Å². The van der Waals surface area contributed by atoms with E-state index in [0.717, 1.165) is 18.5 Å². The summed E-state index contributed by atoms with van der Waals surface area (Å²) in [5.41, 5.74) is 5.20. The van der Waals surface area contributed by atoms with Crippen molar-refractivity contribution < 1.29 is 9.53 Å². The van der Waals surface area contributed by atoms with Crippen molar-refractivity contribution in [1.29, 1.82) is 0 Å². The molecule has 2 rings (SSSR count). The zero-order valence-corrected chi connectivity index (χ0v) is 12.4. The van der Waals surface area contributed by atoms with Crippen LogP contribution in [0.1, 0.15) is 51.9 Å². The molecular formula is C15H28N2O2. The van der Waals surface area contributed by atoms with E-state index < -0.39 is 5.54 Å². The number of carbonyl (C=O) groups excluding carboxylic acids is 1. The third-order valence-electron chi connectivity index (χ3n) is 4.93. The molecule has 1 saturated heterocycles. The lowest BCUT2D eigenvalue weighted by atomic mass is 9.78. The minimum atomic E-state index is -0.851. The lowest BCUT2D eigenvalue weighted by Gasteiger charge is -2.44. The summed E-state index contributed by atoms with van der Waals surface area (Å²) in [4.78, 5) is 14.2. The summed E-state index contributed by atoms with van der Waals surface area (Å²) in [5, 5.41) is 0. The highest BCUT2D eigenvalue weighted by Crippen LogP contribution is 2.35. The van der Waals surface area contributed by atoms with E-state index in [1.807, 2.05) is 0 Å². The summed E-state index contributed by atoms with van der Waals surface area (Å²) in [5.74, 6) is 0.578. The summed E-state index contributed by atoms with van der Waals surface area (Å²) in [6.07, 6.45) is 8.82. The van der Waals surface area contributed by atoms with Crippen LogP contribution >= 0.6 is 0 Å². The van der Waals surface area contributed by atoms with Crippen LogP contribution in [-0.2, 0) is 9.53 Å². The van der Waals surface area contributed by atoms with Crippen molar-refractivity contribution in [3.63, 3.8) is 0 Å². The molecule has 2 N–H and O–H groups in total. The van der Waals surface area contributed by atoms with Crippen LogP contribution in [0.25, 0.3) is 0 Å². The molecule has 0 spiro atoms. The van der Waals surface area contributed by atoms with E-state index in [9.17, 15) is 4.79 Å². The van der Waals surface area contributed by atoms with Gasteiger partial charge in [0.2, 0.25) is 0 Å². The van der Waals surface area contributed by atoms with Gasteiger partial charge in [0.25, 0.3) is 0 Å². The SMILES string of the molecule is COC(=O)C(C)(N)CCN1CCCC2CCCCC21. The van der Waals surface area contributed by atoms with Gasteiger partial charge in [0, 0.05) is 12.6 Å². The maximum absolute atomic E-state index is 11.6. The highest BCUT2D eigenvalue weighted by molar-refractivity contribution is 5.79. The van der Waals surface area contributed by atoms with Gasteiger partial charge in [0.1, 0.15) is 5.54 Å². The van der Waals surface area contributed by atoms with Gasteiger partial charge < -0.3 is 15.4 Å². The molecule has 0 aromatic rings. The normalized spacial score (nSPS) is 31.3. The average Bonchev–Trinajstić information content (AvgIpc) is 2.44. The van der Waals surface area contributed by atoms with Crippen molar-refractivity contribution in [2.75, 3.05) is 20.2 Å². The third kappa shape index (κ3) is 3.48. The van der Waals surface area contributed by atoms with Gasteiger partial charge in [-0.05, 0) is 51.5 Å². The molecule has 0 bridgehead atoms. The summed E-state index contributed by atoms with van der Waals surface area (Å²) in [6.45, 7) is 3.86. The largest absolute Gasteiger partial charge is 0.468 e. The summed E-state index contributed by atoms with van der Waals surface area (Å²) < 4.78 is 4.78. The molecule has 1 aliphatic heterocycles. The number of nitrogens with zero attached hydrogens (tertiary/aromatic N) is 1. The average molecular weight is 268 g/mol. The van der Waals surface area contributed by atoms with E-state index >= 15 is 0 Å². The smallest absolute Gasteiger partial charge is 0.325 e. The summed E-state index contributed by atoms with van der Waals surface area (Å²) >= 11 is 0. The van der Waals surface area contributed by atoms with E-state index in [1.165, 1.54) is 52.2 Å². The fourth-order valence-corrected chi connectivity index (χ4v) is 3.72. The van der Waals surface area contributed by atoms with Crippen LogP contribution in [0.2, 0.25) is 0 Å². The number of hydrogen-bond acceptors (Lipinski definition) is 4. The first kappa shape index (κ1) is 14.8. The lowest BCUT2D eigenvalue weighted by molar-refractivity contribution is -0.146. The van der Waals surface area contributed by atoms with Gasteiger partial charge in [-0.25, -0.2) is 0 Å². The van der Waals surface area contributed by atoms with Crippen LogP contribution < -0.4 is 5.73 Å². The van der Waals surface area contributed by atoms with Gasteiger partial charge in [0.15, 0.2) is 0 Å². The zero-order chi connectivity index (χ0) is 13.9. The number of rotatable bonds is 4. The van der Waals surface area contributed by atoms with Crippen molar-refractivity contribution in [2.24, 2.45) is 11.7 Å². The van der Waals surface area contributed by atoms with Gasteiger partial charge in [-0.15, -0.1) is 0 Å². The first-order valence-corrected chi connectivity index (χ1v) is 7.66. The minimum absolute atomic E-state index is 0.301. The highest BCUT2D eigenvalue weighted by atomic mass is 16.5. The molecule has 3 atom stereocenters. The van der Waals surface area contributed by atoms with E-state index in [2.05, 4.69) is 4.90 Å². The van der Waals surface area contributed by atoms with Crippen molar-refractivity contribution in [1.82, 2.24) is 4.90 Å². The Morgan fingerprint density at radius 1 is 1.32 bits per heavy atom. The number of nitrogens with two attached hydrogens (primary N) is 1. The number of ether oxygens (including phenoxy) is 1. The van der Waals surface area contributed by atoms with E-state index in [1.54, 1.807) is 6.92 Å². The topological polar surface area (TPSA) is 55.6 Å². The molecular weight excluding hydrogens is 240 g/mol. The molecule has 1 saturated carbocycles. The molecule has 0 aromatic carbocycles. The second-order valence-electron chi connectivity index (χ2n) is 6.45. The Kier molecular flexibility index (Phi) is 4.85. The van der Waals surface area contributed by atoms with Crippen LogP contribution in [0.4, 0.5) is 0 Å². The second kappa shape index (κ2) is 6.23. The van der Waals surface area contributed by atoms with E-state index in [0.29, 0.717) is 6.42 Å². The number of likely N-dealkylation sites (tertiary alicyclic amines) is 1. The monoisotopic (exact) mass is 268 g/mol. The molecule has 2 aliphatic rings. The first-order chi connectivity index (χ1) is 9.04. The maximum atomic E-state index is 11.6. The molecule has 0 amide bonds. The molecule has 1 aliphatic carbocycles. The van der Waals surface area contributed by atoms with Crippen molar-refractivity contribution in [3.05, 3.63) is 0 Å². The van der Waals surface area contributed by atoms with E-state index in [-0.39, 0.29) is 5.97 Å².